The predicted octanol–water partition coefficient (Wildman–Crippen LogP) is 2.23. The van der Waals surface area contributed by atoms with Crippen molar-refractivity contribution in [2.75, 3.05) is 6.54 Å². The molecule has 1 fully saturated rings. The van der Waals surface area contributed by atoms with Crippen LogP contribution in [0.15, 0.2) is 4.90 Å². The molecule has 0 amide bonds. The number of hydrogen-bond donors (Lipinski definition) is 1. The second kappa shape index (κ2) is 5.25. The maximum Gasteiger partial charge on any atom is 0.246 e. The van der Waals surface area contributed by atoms with Crippen molar-refractivity contribution in [1.82, 2.24) is 14.5 Å². The molecule has 1 aliphatic carbocycles. The van der Waals surface area contributed by atoms with Crippen molar-refractivity contribution in [3.63, 3.8) is 0 Å². The molecule has 1 aliphatic rings. The Balaban J connectivity index is 2.30. The molecule has 2 rings (SSSR count). The molecular weight excluding hydrogens is 262 g/mol. The van der Waals surface area contributed by atoms with Crippen LogP contribution in [-0.2, 0) is 10.0 Å². The first kappa shape index (κ1) is 14.5. The highest BCUT2D eigenvalue weighted by molar-refractivity contribution is 7.89. The van der Waals surface area contributed by atoms with E-state index < -0.39 is 10.0 Å². The Morgan fingerprint density at radius 1 is 1.37 bits per heavy atom. The first-order valence-corrected chi connectivity index (χ1v) is 8.31. The molecule has 0 saturated heterocycles. The van der Waals surface area contributed by atoms with Gasteiger partial charge in [0.05, 0.1) is 11.4 Å². The van der Waals surface area contributed by atoms with Crippen LogP contribution in [0.2, 0.25) is 0 Å². The van der Waals surface area contributed by atoms with Crippen LogP contribution in [0.5, 0.6) is 0 Å². The summed E-state index contributed by atoms with van der Waals surface area (Å²) in [5, 5.41) is 6.78. The molecule has 19 heavy (non-hydrogen) atoms. The van der Waals surface area contributed by atoms with Gasteiger partial charge in [0.25, 0.3) is 0 Å². The molecule has 6 heteroatoms. The Labute approximate surface area is 115 Å². The van der Waals surface area contributed by atoms with Gasteiger partial charge in [0, 0.05) is 12.6 Å². The molecule has 0 bridgehead atoms. The van der Waals surface area contributed by atoms with Crippen molar-refractivity contribution in [2.45, 2.75) is 57.9 Å². The Hall–Kier alpha value is -0.880. The number of H-pyrrole nitrogens is 1. The maximum atomic E-state index is 12.8. The van der Waals surface area contributed by atoms with Gasteiger partial charge in [-0.3, -0.25) is 5.10 Å². The SMILES string of the molecule is Cc1n[nH]c(C)c1S(=O)(=O)N(CCC(C)C)C1CC1. The minimum atomic E-state index is -3.41. The van der Waals surface area contributed by atoms with E-state index in [1.807, 2.05) is 0 Å². The molecule has 1 aromatic rings. The van der Waals surface area contributed by atoms with Gasteiger partial charge in [-0.15, -0.1) is 0 Å². The Kier molecular flexibility index (Phi) is 4.01. The van der Waals surface area contributed by atoms with Crippen LogP contribution in [0.4, 0.5) is 0 Å². The van der Waals surface area contributed by atoms with Crippen LogP contribution in [-0.4, -0.2) is 35.5 Å². The molecule has 0 radical (unpaired) electrons. The molecule has 5 nitrogen and oxygen atoms in total. The van der Waals surface area contributed by atoms with Gasteiger partial charge in [0.15, 0.2) is 0 Å². The van der Waals surface area contributed by atoms with Crippen molar-refractivity contribution >= 4 is 10.0 Å². The zero-order valence-corrected chi connectivity index (χ0v) is 12.9. The Bertz CT molecular complexity index is 525. The van der Waals surface area contributed by atoms with Crippen LogP contribution in [0.3, 0.4) is 0 Å². The summed E-state index contributed by atoms with van der Waals surface area (Å²) in [4.78, 5) is 0.364. The fourth-order valence-electron chi connectivity index (χ4n) is 2.28. The Morgan fingerprint density at radius 2 is 2.00 bits per heavy atom. The molecule has 1 saturated carbocycles. The van der Waals surface area contributed by atoms with Gasteiger partial charge in [-0.1, -0.05) is 13.8 Å². The number of aryl methyl sites for hydroxylation is 2. The highest BCUT2D eigenvalue weighted by Gasteiger charge is 2.39. The van der Waals surface area contributed by atoms with Gasteiger partial charge in [-0.25, -0.2) is 8.42 Å². The molecular formula is C13H23N3O2S. The fourth-order valence-corrected chi connectivity index (χ4v) is 4.32. The third kappa shape index (κ3) is 3.00. The fraction of sp³-hybridized carbons (Fsp3) is 0.769. The number of aromatic nitrogens is 2. The summed E-state index contributed by atoms with van der Waals surface area (Å²) in [6, 6.07) is 0.192. The summed E-state index contributed by atoms with van der Waals surface area (Å²) < 4.78 is 27.3. The van der Waals surface area contributed by atoms with Crippen molar-refractivity contribution in [1.29, 1.82) is 0 Å². The molecule has 0 unspecified atom stereocenters. The molecule has 0 aliphatic heterocycles. The highest BCUT2D eigenvalue weighted by atomic mass is 32.2. The van der Waals surface area contributed by atoms with Gasteiger partial charge in [0.1, 0.15) is 4.90 Å². The lowest BCUT2D eigenvalue weighted by molar-refractivity contribution is 0.373. The van der Waals surface area contributed by atoms with E-state index in [1.54, 1.807) is 18.2 Å². The lowest BCUT2D eigenvalue weighted by Crippen LogP contribution is -2.35. The number of hydrogen-bond acceptors (Lipinski definition) is 3. The lowest BCUT2D eigenvalue weighted by atomic mass is 10.1. The summed E-state index contributed by atoms with van der Waals surface area (Å²) in [5.41, 5.74) is 1.19. The summed E-state index contributed by atoms with van der Waals surface area (Å²) in [7, 11) is -3.41. The molecule has 1 N–H and O–H groups in total. The molecule has 1 aromatic heterocycles. The first-order valence-electron chi connectivity index (χ1n) is 6.87. The highest BCUT2D eigenvalue weighted by Crippen LogP contribution is 2.34. The van der Waals surface area contributed by atoms with E-state index in [-0.39, 0.29) is 6.04 Å². The van der Waals surface area contributed by atoms with Crippen LogP contribution >= 0.6 is 0 Å². The monoisotopic (exact) mass is 285 g/mol. The molecule has 1 heterocycles. The smallest absolute Gasteiger partial charge is 0.246 e. The van der Waals surface area contributed by atoms with Crippen molar-refractivity contribution in [3.8, 4) is 0 Å². The van der Waals surface area contributed by atoms with Crippen molar-refractivity contribution in [2.24, 2.45) is 5.92 Å². The van der Waals surface area contributed by atoms with E-state index in [0.717, 1.165) is 19.3 Å². The van der Waals surface area contributed by atoms with E-state index in [2.05, 4.69) is 24.0 Å². The topological polar surface area (TPSA) is 66.1 Å². The van der Waals surface area contributed by atoms with Crippen LogP contribution in [0.25, 0.3) is 0 Å². The number of nitrogens with zero attached hydrogens (tertiary/aromatic N) is 2. The van der Waals surface area contributed by atoms with Gasteiger partial charge in [-0.05, 0) is 39.0 Å². The zero-order valence-electron chi connectivity index (χ0n) is 12.1. The van der Waals surface area contributed by atoms with E-state index in [1.165, 1.54) is 0 Å². The van der Waals surface area contributed by atoms with Gasteiger partial charge in [-0.2, -0.15) is 9.40 Å². The van der Waals surface area contributed by atoms with E-state index in [4.69, 9.17) is 0 Å². The lowest BCUT2D eigenvalue weighted by Gasteiger charge is -2.22. The number of rotatable bonds is 6. The standard InChI is InChI=1S/C13H23N3O2S/c1-9(2)7-8-16(12-5-6-12)19(17,18)13-10(3)14-15-11(13)4/h9,12H,5-8H2,1-4H3,(H,14,15). The van der Waals surface area contributed by atoms with E-state index in [9.17, 15) is 8.42 Å². The van der Waals surface area contributed by atoms with E-state index in [0.29, 0.717) is 28.7 Å². The molecule has 0 spiro atoms. The van der Waals surface area contributed by atoms with Crippen molar-refractivity contribution < 1.29 is 8.42 Å². The average molecular weight is 285 g/mol. The minimum absolute atomic E-state index is 0.192. The molecule has 108 valence electrons. The summed E-state index contributed by atoms with van der Waals surface area (Å²) in [6.07, 6.45) is 2.85. The normalized spacial score (nSPS) is 16.5. The third-order valence-corrected chi connectivity index (χ3v) is 5.72. The largest absolute Gasteiger partial charge is 0.281 e. The van der Waals surface area contributed by atoms with Crippen LogP contribution < -0.4 is 0 Å². The van der Waals surface area contributed by atoms with Crippen molar-refractivity contribution in [3.05, 3.63) is 11.4 Å². The number of sulfonamides is 1. The van der Waals surface area contributed by atoms with Crippen LogP contribution in [0.1, 0.15) is 44.5 Å². The summed E-state index contributed by atoms with van der Waals surface area (Å²) in [6.45, 7) is 8.34. The average Bonchev–Trinajstić information content (AvgIpc) is 3.04. The second-order valence-corrected chi connectivity index (χ2v) is 7.62. The molecule has 0 aromatic carbocycles. The van der Waals surface area contributed by atoms with Crippen LogP contribution in [0, 0.1) is 19.8 Å². The number of aromatic amines is 1. The predicted molar refractivity (Wildman–Crippen MR) is 74.4 cm³/mol. The summed E-state index contributed by atoms with van der Waals surface area (Å²) in [5.74, 6) is 0.503. The zero-order chi connectivity index (χ0) is 14.2. The Morgan fingerprint density at radius 3 is 2.42 bits per heavy atom. The minimum Gasteiger partial charge on any atom is -0.281 e. The quantitative estimate of drug-likeness (QED) is 0.871. The van der Waals surface area contributed by atoms with E-state index >= 15 is 0 Å². The second-order valence-electron chi connectivity index (χ2n) is 5.79. The first-order chi connectivity index (χ1) is 8.84. The maximum absolute atomic E-state index is 12.8. The molecule has 0 atom stereocenters. The number of nitrogens with one attached hydrogen (secondary N) is 1. The van der Waals surface area contributed by atoms with Gasteiger partial charge in [0.2, 0.25) is 10.0 Å². The summed E-state index contributed by atoms with van der Waals surface area (Å²) >= 11 is 0. The third-order valence-electron chi connectivity index (χ3n) is 3.51. The van der Waals surface area contributed by atoms with Gasteiger partial charge < -0.3 is 0 Å². The van der Waals surface area contributed by atoms with Gasteiger partial charge >= 0.3 is 0 Å².